The molecule has 0 aromatic heterocycles. The number of halogens is 2. The number of aliphatic hydroxyl groups is 1. The fraction of sp³-hybridized carbons (Fsp3) is 0.182. The Balaban J connectivity index is 0.00000121. The third kappa shape index (κ3) is 3.45. The molecule has 0 heterocycles. The van der Waals surface area contributed by atoms with Crippen molar-refractivity contribution in [2.24, 2.45) is 0 Å². The van der Waals surface area contributed by atoms with Crippen LogP contribution in [0, 0.1) is 10.4 Å². The smallest absolute Gasteiger partial charge is 1.00 e. The van der Waals surface area contributed by atoms with Gasteiger partial charge in [0.25, 0.3) is 0 Å². The molecule has 2 aromatic rings. The Hall–Kier alpha value is -0.917. The number of rotatable bonds is 3. The molecule has 1 N–H and O–H groups in total. The molecule has 131 valence electrons. The van der Waals surface area contributed by atoms with E-state index in [1.165, 1.54) is 71.1 Å². The molecule has 0 amide bonds. The van der Waals surface area contributed by atoms with Crippen LogP contribution in [-0.2, 0) is 24.7 Å². The fourth-order valence-electron chi connectivity index (χ4n) is 3.82. The van der Waals surface area contributed by atoms with E-state index in [9.17, 15) is 5.11 Å². The maximum absolute atomic E-state index is 9.22. The van der Waals surface area contributed by atoms with Gasteiger partial charge in [-0.15, -0.1) is 0 Å². The zero-order chi connectivity index (χ0) is 16.7. The molecule has 0 unspecified atom stereocenters. The molecule has 0 saturated carbocycles. The van der Waals surface area contributed by atoms with Gasteiger partial charge in [-0.25, -0.2) is 0 Å². The van der Waals surface area contributed by atoms with E-state index < -0.39 is 0 Å². The average molecular weight is 462 g/mol. The molecule has 0 radical (unpaired) electrons. The summed E-state index contributed by atoms with van der Waals surface area (Å²) < 4.78 is 1.46. The van der Waals surface area contributed by atoms with E-state index in [-0.39, 0.29) is 31.4 Å². The van der Waals surface area contributed by atoms with Crippen LogP contribution in [0.2, 0.25) is 0 Å². The Morgan fingerprint density at radius 3 is 2.42 bits per heavy atom. The normalized spacial score (nSPS) is 14.9. The predicted molar refractivity (Wildman–Crippen MR) is 94.8 cm³/mol. The van der Waals surface area contributed by atoms with Gasteiger partial charge in [-0.3, -0.25) is 0 Å². The van der Waals surface area contributed by atoms with Crippen LogP contribution in [0.25, 0.3) is 14.9 Å². The number of aliphatic hydroxyl groups excluding tert-OH is 1. The zero-order valence-corrected chi connectivity index (χ0v) is 18.5. The van der Waals surface area contributed by atoms with Crippen LogP contribution in [0.5, 0.6) is 0 Å². The van der Waals surface area contributed by atoms with E-state index >= 15 is 0 Å². The molecule has 4 rings (SSSR count). The van der Waals surface area contributed by atoms with Crippen molar-refractivity contribution >= 4 is 14.9 Å². The number of benzene rings is 2. The Bertz CT molecular complexity index is 1110. The summed E-state index contributed by atoms with van der Waals surface area (Å²) in [5.41, 5.74) is 5.46. The van der Waals surface area contributed by atoms with Gasteiger partial charge in [0, 0.05) is 0 Å². The van der Waals surface area contributed by atoms with E-state index in [1.54, 1.807) is 0 Å². The maximum Gasteiger partial charge on any atom is -1.00 e. The van der Waals surface area contributed by atoms with Gasteiger partial charge in [0.2, 0.25) is 0 Å². The van der Waals surface area contributed by atoms with E-state index in [4.69, 9.17) is 0 Å². The van der Waals surface area contributed by atoms with Gasteiger partial charge in [-0.05, 0) is 0 Å². The summed E-state index contributed by atoms with van der Waals surface area (Å²) in [6.07, 6.45) is 8.47. The molecule has 0 bridgehead atoms. The van der Waals surface area contributed by atoms with Crippen LogP contribution in [0.3, 0.4) is 0 Å². The minimum atomic E-state index is 0. The van der Waals surface area contributed by atoms with Crippen molar-refractivity contribution in [1.29, 1.82) is 0 Å². The van der Waals surface area contributed by atoms with E-state index in [1.807, 2.05) is 0 Å². The quantitative estimate of drug-likeness (QED) is 0.514. The number of hydrogen-bond donors (Lipinski definition) is 1. The van der Waals surface area contributed by atoms with Crippen molar-refractivity contribution in [1.82, 2.24) is 0 Å². The molecular formula is C22H19Cl2OZr. The summed E-state index contributed by atoms with van der Waals surface area (Å²) in [6.45, 7) is 2.34. The molecule has 26 heavy (non-hydrogen) atoms. The van der Waals surface area contributed by atoms with Gasteiger partial charge in [-0.2, -0.15) is 0 Å². The summed E-state index contributed by atoms with van der Waals surface area (Å²) >= 11 is 1.46. The summed E-state index contributed by atoms with van der Waals surface area (Å²) in [5, 5.41) is 14.7. The average Bonchev–Trinajstić information content (AvgIpc) is 3.19. The third-order valence-corrected chi connectivity index (χ3v) is 6.23. The van der Waals surface area contributed by atoms with Gasteiger partial charge in [0.1, 0.15) is 0 Å². The molecule has 0 atom stereocenters. The SMILES string of the molecule is CC=c1ccc2c(c1C1=CC(CCO)=CC1)[C]([Zr+2])=c1ccccc1=2.[Cl-].[Cl-]. The van der Waals surface area contributed by atoms with E-state index in [0.29, 0.717) is 0 Å². The van der Waals surface area contributed by atoms with Gasteiger partial charge >= 0.3 is 157 Å². The van der Waals surface area contributed by atoms with Gasteiger partial charge in [0.15, 0.2) is 0 Å². The summed E-state index contributed by atoms with van der Waals surface area (Å²) in [6, 6.07) is 13.3. The van der Waals surface area contributed by atoms with Crippen LogP contribution in [0.15, 0.2) is 54.1 Å². The third-order valence-electron chi connectivity index (χ3n) is 4.95. The topological polar surface area (TPSA) is 20.2 Å². The van der Waals surface area contributed by atoms with Crippen LogP contribution in [-0.4, -0.2) is 11.7 Å². The Labute approximate surface area is 181 Å². The van der Waals surface area contributed by atoms with E-state index in [0.717, 1.165) is 12.8 Å². The first-order valence-electron chi connectivity index (χ1n) is 8.40. The largest absolute Gasteiger partial charge is 1.00 e. The maximum atomic E-state index is 9.22. The minimum Gasteiger partial charge on any atom is -1.00 e. The Morgan fingerprint density at radius 2 is 1.73 bits per heavy atom. The van der Waals surface area contributed by atoms with Crippen LogP contribution in [0.4, 0.5) is 0 Å². The van der Waals surface area contributed by atoms with Gasteiger partial charge in [-0.1, -0.05) is 0 Å². The molecule has 2 aliphatic carbocycles. The van der Waals surface area contributed by atoms with Crippen molar-refractivity contribution in [2.75, 3.05) is 6.61 Å². The molecular weight excluding hydrogens is 442 g/mol. The first-order chi connectivity index (χ1) is 11.7. The summed E-state index contributed by atoms with van der Waals surface area (Å²) in [5.74, 6) is 0. The van der Waals surface area contributed by atoms with Gasteiger partial charge in [0.05, 0.1) is 0 Å². The van der Waals surface area contributed by atoms with Crippen LogP contribution in [0.1, 0.15) is 30.9 Å². The van der Waals surface area contributed by atoms with Crippen LogP contribution < -0.4 is 35.3 Å². The van der Waals surface area contributed by atoms with Crippen molar-refractivity contribution in [3.05, 3.63) is 86.1 Å². The van der Waals surface area contributed by atoms with Gasteiger partial charge < -0.3 is 24.8 Å². The van der Waals surface area contributed by atoms with Crippen molar-refractivity contribution in [3.8, 4) is 0 Å². The molecule has 1 nitrogen and oxygen atoms in total. The zero-order valence-electron chi connectivity index (χ0n) is 14.5. The number of hydrogen-bond acceptors (Lipinski definition) is 1. The predicted octanol–water partition coefficient (Wildman–Crippen LogP) is -3.11. The first kappa shape index (κ1) is 21.4. The van der Waals surface area contributed by atoms with Crippen molar-refractivity contribution in [2.45, 2.75) is 19.8 Å². The number of allylic oxidation sites excluding steroid dienone is 3. The molecule has 0 fully saturated rings. The molecule has 0 aliphatic heterocycles. The second kappa shape index (κ2) is 8.85. The molecule has 2 aromatic carbocycles. The molecule has 2 aliphatic rings. The summed E-state index contributed by atoms with van der Waals surface area (Å²) in [4.78, 5) is 0. The van der Waals surface area contributed by atoms with E-state index in [2.05, 4.69) is 61.5 Å². The number of fused-ring (bicyclic) bond motifs is 2. The molecule has 4 heteroatoms. The second-order valence-corrected chi connectivity index (χ2v) is 7.52. The summed E-state index contributed by atoms with van der Waals surface area (Å²) in [7, 11) is 0. The molecule has 0 spiro atoms. The van der Waals surface area contributed by atoms with Crippen molar-refractivity contribution in [3.63, 3.8) is 0 Å². The fourth-order valence-corrected chi connectivity index (χ4v) is 4.99. The standard InChI is InChI=1S/C22H19O.2ClH.Zr/c1-2-16-9-10-20-19-6-4-3-5-17(19)14-21(20)22(16)18-8-7-15(13-18)11-12-23;;;/h2-7,9-10,13,23H,8,11-12H2,1H3;2*1H;/q;;;+2/p-2. The Morgan fingerprint density at radius 1 is 1.00 bits per heavy atom. The van der Waals surface area contributed by atoms with Crippen molar-refractivity contribution < 1.29 is 54.6 Å². The first-order valence-corrected chi connectivity index (χ1v) is 9.63. The Kier molecular flexibility index (Phi) is 7.28. The molecule has 0 saturated heterocycles. The second-order valence-electron chi connectivity index (χ2n) is 6.29. The van der Waals surface area contributed by atoms with Crippen LogP contribution >= 0.6 is 0 Å². The monoisotopic (exact) mass is 459 g/mol. The minimum absolute atomic E-state index is 0.